The van der Waals surface area contributed by atoms with Crippen molar-refractivity contribution in [3.05, 3.63) is 65.2 Å². The molecule has 1 heterocycles. The van der Waals surface area contributed by atoms with Gasteiger partial charge in [0.2, 0.25) is 0 Å². The molecule has 1 amide bonds. The Morgan fingerprint density at radius 2 is 1.82 bits per heavy atom. The summed E-state index contributed by atoms with van der Waals surface area (Å²) >= 11 is 1.38. The van der Waals surface area contributed by atoms with Crippen molar-refractivity contribution in [1.82, 2.24) is 4.98 Å². The van der Waals surface area contributed by atoms with Crippen LogP contribution in [0.15, 0.2) is 54.6 Å². The zero-order valence-corrected chi connectivity index (χ0v) is 15.0. The van der Waals surface area contributed by atoms with Crippen molar-refractivity contribution < 1.29 is 27.5 Å². The number of halogens is 3. The molecule has 0 atom stereocenters. The fourth-order valence-electron chi connectivity index (χ4n) is 2.31. The van der Waals surface area contributed by atoms with E-state index in [-0.39, 0.29) is 0 Å². The summed E-state index contributed by atoms with van der Waals surface area (Å²) in [7, 11) is 0. The number of amides is 1. The quantitative estimate of drug-likeness (QED) is 0.500. The van der Waals surface area contributed by atoms with E-state index in [0.29, 0.717) is 5.01 Å². The molecule has 0 aliphatic carbocycles. The number of alkyl halides is 3. The van der Waals surface area contributed by atoms with E-state index < -0.39 is 35.9 Å². The number of rotatable bonds is 5. The van der Waals surface area contributed by atoms with E-state index >= 15 is 0 Å². The van der Waals surface area contributed by atoms with E-state index in [0.717, 1.165) is 28.4 Å². The molecule has 0 bridgehead atoms. The van der Waals surface area contributed by atoms with Gasteiger partial charge < -0.3 is 10.1 Å². The predicted octanol–water partition coefficient (Wildman–Crippen LogP) is 4.51. The van der Waals surface area contributed by atoms with Crippen LogP contribution in [0, 0.1) is 0 Å². The van der Waals surface area contributed by atoms with Crippen molar-refractivity contribution in [3.63, 3.8) is 0 Å². The minimum absolute atomic E-state index is 0.402. The highest BCUT2D eigenvalue weighted by Gasteiger charge is 2.33. The molecule has 1 aromatic heterocycles. The third-order valence-corrected chi connectivity index (χ3v) is 4.53. The third kappa shape index (κ3) is 4.95. The Labute approximate surface area is 161 Å². The largest absolute Gasteiger partial charge is 0.452 e. The molecule has 0 radical (unpaired) electrons. The maximum Gasteiger partial charge on any atom is 0.418 e. The number of esters is 1. The molecule has 0 saturated carbocycles. The fraction of sp³-hybridized carbons (Fsp3) is 0.105. The number of para-hydroxylation sites is 2. The second-order valence-corrected chi connectivity index (χ2v) is 6.61. The van der Waals surface area contributed by atoms with E-state index in [2.05, 4.69) is 10.3 Å². The van der Waals surface area contributed by atoms with Crippen LogP contribution in [0.5, 0.6) is 0 Å². The molecule has 9 heteroatoms. The van der Waals surface area contributed by atoms with Crippen LogP contribution < -0.4 is 5.32 Å². The Morgan fingerprint density at radius 3 is 2.57 bits per heavy atom. The normalized spacial score (nSPS) is 11.7. The molecular weight excluding hydrogens is 393 g/mol. The van der Waals surface area contributed by atoms with Crippen LogP contribution >= 0.6 is 11.3 Å². The number of carbonyl (C=O) groups excluding carboxylic acids is 2. The number of hydrogen-bond acceptors (Lipinski definition) is 5. The summed E-state index contributed by atoms with van der Waals surface area (Å²) in [6.45, 7) is -0.713. The van der Waals surface area contributed by atoms with Crippen LogP contribution in [0.4, 0.5) is 18.9 Å². The van der Waals surface area contributed by atoms with Gasteiger partial charge in [-0.05, 0) is 30.3 Å². The number of thiazole rings is 1. The minimum Gasteiger partial charge on any atom is -0.452 e. The van der Waals surface area contributed by atoms with Crippen LogP contribution in [0.3, 0.4) is 0 Å². The van der Waals surface area contributed by atoms with E-state index in [1.807, 2.05) is 24.3 Å². The van der Waals surface area contributed by atoms with Crippen LogP contribution in [0.2, 0.25) is 0 Å². The molecule has 0 aliphatic heterocycles. The van der Waals surface area contributed by atoms with E-state index in [9.17, 15) is 22.8 Å². The molecular formula is C19H13F3N2O3S. The standard InChI is InChI=1S/C19H13F3N2O3S/c20-19(21,22)12-5-1-2-6-13(12)23-16(25)11-27-18(26)10-9-17-24-14-7-3-4-8-15(14)28-17/h1-10H,11H2,(H,23,25)/b10-9+. The number of ether oxygens (including phenoxy) is 1. The first-order valence-corrected chi connectivity index (χ1v) is 8.81. The van der Waals surface area contributed by atoms with Crippen LogP contribution in [0.25, 0.3) is 16.3 Å². The molecule has 0 spiro atoms. The number of carbonyl (C=O) groups is 2. The zero-order chi connectivity index (χ0) is 20.1. The highest BCUT2D eigenvalue weighted by molar-refractivity contribution is 7.19. The van der Waals surface area contributed by atoms with Gasteiger partial charge in [0, 0.05) is 6.08 Å². The highest BCUT2D eigenvalue weighted by Crippen LogP contribution is 2.34. The molecule has 144 valence electrons. The first-order valence-electron chi connectivity index (χ1n) is 7.99. The van der Waals surface area contributed by atoms with Crippen molar-refractivity contribution in [2.75, 3.05) is 11.9 Å². The summed E-state index contributed by atoms with van der Waals surface area (Å²) in [4.78, 5) is 27.8. The lowest BCUT2D eigenvalue weighted by atomic mass is 10.1. The maximum absolute atomic E-state index is 12.9. The fourth-order valence-corrected chi connectivity index (χ4v) is 3.18. The number of nitrogens with one attached hydrogen (secondary N) is 1. The summed E-state index contributed by atoms with van der Waals surface area (Å²) in [6.07, 6.45) is -2.06. The van der Waals surface area contributed by atoms with Crippen molar-refractivity contribution in [3.8, 4) is 0 Å². The van der Waals surface area contributed by atoms with Crippen LogP contribution in [-0.2, 0) is 20.5 Å². The monoisotopic (exact) mass is 406 g/mol. The predicted molar refractivity (Wildman–Crippen MR) is 99.7 cm³/mol. The first-order chi connectivity index (χ1) is 13.3. The number of nitrogens with zero attached hydrogens (tertiary/aromatic N) is 1. The second-order valence-electron chi connectivity index (χ2n) is 5.55. The Morgan fingerprint density at radius 1 is 1.11 bits per heavy atom. The zero-order valence-electron chi connectivity index (χ0n) is 14.2. The molecule has 1 N–H and O–H groups in total. The Balaban J connectivity index is 1.55. The van der Waals surface area contributed by atoms with Gasteiger partial charge in [-0.2, -0.15) is 13.2 Å². The van der Waals surface area contributed by atoms with Crippen LogP contribution in [0.1, 0.15) is 10.6 Å². The Bertz CT molecular complexity index is 1010. The third-order valence-electron chi connectivity index (χ3n) is 3.52. The van der Waals surface area contributed by atoms with Gasteiger partial charge in [0.15, 0.2) is 6.61 Å². The van der Waals surface area contributed by atoms with Crippen molar-refractivity contribution >= 4 is 45.2 Å². The molecule has 3 aromatic rings. The average Bonchev–Trinajstić information content (AvgIpc) is 3.07. The average molecular weight is 406 g/mol. The van der Waals surface area contributed by atoms with Crippen molar-refractivity contribution in [1.29, 1.82) is 0 Å². The number of anilines is 1. The van der Waals surface area contributed by atoms with E-state index in [4.69, 9.17) is 4.74 Å². The van der Waals surface area contributed by atoms with Crippen molar-refractivity contribution in [2.24, 2.45) is 0 Å². The van der Waals surface area contributed by atoms with Gasteiger partial charge in [-0.15, -0.1) is 11.3 Å². The molecule has 28 heavy (non-hydrogen) atoms. The Kier molecular flexibility index (Phi) is 5.74. The first kappa shape index (κ1) is 19.6. The lowest BCUT2D eigenvalue weighted by molar-refractivity contribution is -0.142. The summed E-state index contributed by atoms with van der Waals surface area (Å²) in [6, 6.07) is 12.0. The topological polar surface area (TPSA) is 68.3 Å². The van der Waals surface area contributed by atoms with Gasteiger partial charge in [0.1, 0.15) is 5.01 Å². The molecule has 2 aromatic carbocycles. The summed E-state index contributed by atoms with van der Waals surface area (Å²) in [5.74, 6) is -1.68. The Hall–Kier alpha value is -3.20. The van der Waals surface area contributed by atoms with E-state index in [1.54, 1.807) is 0 Å². The molecule has 0 fully saturated rings. The van der Waals surface area contributed by atoms with Crippen LogP contribution in [-0.4, -0.2) is 23.5 Å². The number of hydrogen-bond donors (Lipinski definition) is 1. The van der Waals surface area contributed by atoms with Gasteiger partial charge in [-0.1, -0.05) is 24.3 Å². The summed E-state index contributed by atoms with van der Waals surface area (Å²) in [5, 5.41) is 2.68. The molecule has 0 unspecified atom stereocenters. The maximum atomic E-state index is 12.9. The molecule has 0 aliphatic rings. The van der Waals surface area contributed by atoms with Crippen molar-refractivity contribution in [2.45, 2.75) is 6.18 Å². The lowest BCUT2D eigenvalue weighted by Crippen LogP contribution is -2.22. The summed E-state index contributed by atoms with van der Waals surface area (Å²) < 4.78 is 44.4. The van der Waals surface area contributed by atoms with E-state index in [1.165, 1.54) is 29.5 Å². The molecule has 0 saturated heterocycles. The smallest absolute Gasteiger partial charge is 0.418 e. The molecule has 5 nitrogen and oxygen atoms in total. The minimum atomic E-state index is -4.61. The lowest BCUT2D eigenvalue weighted by Gasteiger charge is -2.13. The second kappa shape index (κ2) is 8.22. The summed E-state index contributed by atoms with van der Waals surface area (Å²) in [5.41, 5.74) is -0.588. The van der Waals surface area contributed by atoms with Gasteiger partial charge in [-0.3, -0.25) is 4.79 Å². The number of aromatic nitrogens is 1. The number of fused-ring (bicyclic) bond motifs is 1. The van der Waals surface area contributed by atoms with Gasteiger partial charge in [0.05, 0.1) is 21.5 Å². The number of benzene rings is 2. The van der Waals surface area contributed by atoms with Gasteiger partial charge in [0.25, 0.3) is 5.91 Å². The SMILES string of the molecule is O=C(COC(=O)/C=C/c1nc2ccccc2s1)Nc1ccccc1C(F)(F)F. The van der Waals surface area contributed by atoms with Gasteiger partial charge >= 0.3 is 12.1 Å². The highest BCUT2D eigenvalue weighted by atomic mass is 32.1. The molecule has 3 rings (SSSR count). The van der Waals surface area contributed by atoms with Gasteiger partial charge in [-0.25, -0.2) is 9.78 Å².